The number of aryl methyl sites for hydroxylation is 2. The average molecular weight is 895 g/mol. The van der Waals surface area contributed by atoms with E-state index in [1.807, 2.05) is 36.4 Å². The predicted molar refractivity (Wildman–Crippen MR) is 246 cm³/mol. The van der Waals surface area contributed by atoms with Gasteiger partial charge in [-0.25, -0.2) is 28.7 Å². The Morgan fingerprint density at radius 2 is 0.953 bits per heavy atom. The number of aliphatic carboxylic acids is 2. The molecule has 10 rings (SSSR count). The summed E-state index contributed by atoms with van der Waals surface area (Å²) in [7, 11) is 0. The van der Waals surface area contributed by atoms with Crippen LogP contribution < -0.4 is 11.5 Å². The van der Waals surface area contributed by atoms with E-state index in [-0.39, 0.29) is 35.3 Å². The van der Waals surface area contributed by atoms with Crippen molar-refractivity contribution in [1.29, 1.82) is 0 Å². The zero-order valence-corrected chi connectivity index (χ0v) is 36.2. The number of aromatic nitrogens is 4. The standard InChI is InChI=1S/2C25H22FN3O2S/c2*26-18-14-15(7-9-19(27)24(30)31)6-8-17(18)22-28-20-10-11-21(29-23(20)32-22)25(12-13-25)16-4-2-1-3-5-16/h2*1-6,8,10-11,14,19H,7,9,12-13,27H2,(H,30,31)/t2*19-/m10/s1. The van der Waals surface area contributed by atoms with Crippen molar-refractivity contribution in [3.8, 4) is 21.1 Å². The molecule has 4 aromatic carbocycles. The molecule has 2 saturated carbocycles. The first-order valence-electron chi connectivity index (χ1n) is 21.1. The molecule has 10 nitrogen and oxygen atoms in total. The van der Waals surface area contributed by atoms with E-state index in [0.717, 1.165) is 57.8 Å². The fourth-order valence-electron chi connectivity index (χ4n) is 8.21. The molecule has 0 saturated heterocycles. The van der Waals surface area contributed by atoms with Crippen molar-refractivity contribution in [2.24, 2.45) is 11.5 Å². The number of nitrogens with two attached hydrogens (primary N) is 2. The Balaban J connectivity index is 0.000000162. The van der Waals surface area contributed by atoms with E-state index in [9.17, 15) is 18.4 Å². The van der Waals surface area contributed by atoms with Crippen LogP contribution in [0.2, 0.25) is 0 Å². The van der Waals surface area contributed by atoms with Crippen molar-refractivity contribution < 1.29 is 28.6 Å². The second-order valence-electron chi connectivity index (χ2n) is 16.6. The Hall–Kier alpha value is -6.32. The lowest BCUT2D eigenvalue weighted by molar-refractivity contribution is -0.139. The maximum absolute atomic E-state index is 14.8. The number of carbonyl (C=O) groups is 2. The summed E-state index contributed by atoms with van der Waals surface area (Å²) in [5.74, 6) is -2.87. The highest BCUT2D eigenvalue weighted by molar-refractivity contribution is 7.21. The van der Waals surface area contributed by atoms with Crippen molar-refractivity contribution >= 4 is 55.3 Å². The summed E-state index contributed by atoms with van der Waals surface area (Å²) in [6, 6.07) is 36.8. The molecular formula is C50H44F2N6O4S2. The number of rotatable bonds is 14. The number of pyridine rings is 2. The van der Waals surface area contributed by atoms with Gasteiger partial charge in [-0.15, -0.1) is 0 Å². The topological polar surface area (TPSA) is 178 Å². The van der Waals surface area contributed by atoms with Crippen LogP contribution in [0.4, 0.5) is 8.78 Å². The number of halogens is 2. The van der Waals surface area contributed by atoms with E-state index in [0.29, 0.717) is 45.1 Å². The number of nitrogens with zero attached hydrogens (tertiary/aromatic N) is 4. The van der Waals surface area contributed by atoms with E-state index in [4.69, 9.17) is 31.6 Å². The Morgan fingerprint density at radius 3 is 1.30 bits per heavy atom. The first kappa shape index (κ1) is 43.0. The van der Waals surface area contributed by atoms with Gasteiger partial charge in [-0.1, -0.05) is 95.5 Å². The summed E-state index contributed by atoms with van der Waals surface area (Å²) >= 11 is 2.77. The summed E-state index contributed by atoms with van der Waals surface area (Å²) in [6.45, 7) is 0. The van der Waals surface area contributed by atoms with Gasteiger partial charge < -0.3 is 21.7 Å². The highest BCUT2D eigenvalue weighted by Gasteiger charge is 2.48. The van der Waals surface area contributed by atoms with Crippen LogP contribution in [-0.2, 0) is 33.3 Å². The quantitative estimate of drug-likeness (QED) is 0.0822. The number of thiazole rings is 2. The van der Waals surface area contributed by atoms with Crippen LogP contribution in [0, 0.1) is 11.6 Å². The molecule has 4 aromatic heterocycles. The molecule has 0 spiro atoms. The summed E-state index contributed by atoms with van der Waals surface area (Å²) in [5.41, 5.74) is 19.5. The molecule has 0 radical (unpaired) electrons. The molecule has 0 unspecified atom stereocenters. The molecular weight excluding hydrogens is 851 g/mol. The predicted octanol–water partition coefficient (Wildman–Crippen LogP) is 9.84. The van der Waals surface area contributed by atoms with Gasteiger partial charge in [0.1, 0.15) is 54.4 Å². The van der Waals surface area contributed by atoms with Crippen LogP contribution in [-0.4, -0.2) is 54.2 Å². The van der Waals surface area contributed by atoms with Gasteiger partial charge in [-0.05, 0) is 122 Å². The smallest absolute Gasteiger partial charge is 0.320 e. The lowest BCUT2D eigenvalue weighted by atomic mass is 9.92. The third-order valence-corrected chi connectivity index (χ3v) is 14.3. The van der Waals surface area contributed by atoms with Gasteiger partial charge in [-0.2, -0.15) is 0 Å². The van der Waals surface area contributed by atoms with Crippen LogP contribution in [0.1, 0.15) is 72.2 Å². The van der Waals surface area contributed by atoms with Gasteiger partial charge in [0.25, 0.3) is 0 Å². The van der Waals surface area contributed by atoms with Gasteiger partial charge in [0.2, 0.25) is 0 Å². The second-order valence-corrected chi connectivity index (χ2v) is 18.5. The molecule has 6 N–H and O–H groups in total. The minimum atomic E-state index is -1.05. The Kier molecular flexibility index (Phi) is 11.9. The molecule has 0 aliphatic heterocycles. The fraction of sp³-hybridized carbons (Fsp3) is 0.240. The molecule has 2 atom stereocenters. The molecule has 64 heavy (non-hydrogen) atoms. The number of hydrogen-bond acceptors (Lipinski definition) is 10. The molecule has 0 amide bonds. The van der Waals surface area contributed by atoms with Crippen LogP contribution in [0.3, 0.4) is 0 Å². The first-order chi connectivity index (χ1) is 30.9. The molecule has 324 valence electrons. The minimum absolute atomic E-state index is 0.0245. The fourth-order valence-corrected chi connectivity index (χ4v) is 10.1. The third-order valence-electron chi connectivity index (χ3n) is 12.3. The van der Waals surface area contributed by atoms with E-state index < -0.39 is 24.0 Å². The van der Waals surface area contributed by atoms with Gasteiger partial charge in [0.05, 0.1) is 11.4 Å². The number of hydrogen-bond donors (Lipinski definition) is 4. The molecule has 2 aliphatic carbocycles. The molecule has 4 heterocycles. The largest absolute Gasteiger partial charge is 0.480 e. The van der Waals surface area contributed by atoms with E-state index >= 15 is 0 Å². The summed E-state index contributed by atoms with van der Waals surface area (Å²) in [6.07, 6.45) is 5.60. The summed E-state index contributed by atoms with van der Waals surface area (Å²) in [5, 5.41) is 19.0. The highest BCUT2D eigenvalue weighted by Crippen LogP contribution is 2.54. The molecule has 0 bridgehead atoms. The van der Waals surface area contributed by atoms with Gasteiger partial charge in [0, 0.05) is 22.0 Å². The van der Waals surface area contributed by atoms with Crippen molar-refractivity contribution in [3.63, 3.8) is 0 Å². The lowest BCUT2D eigenvalue weighted by Crippen LogP contribution is -2.30. The Labute approximate surface area is 375 Å². The normalized spacial score (nSPS) is 15.6. The van der Waals surface area contributed by atoms with Gasteiger partial charge >= 0.3 is 11.9 Å². The monoisotopic (exact) mass is 894 g/mol. The van der Waals surface area contributed by atoms with Crippen LogP contribution >= 0.6 is 22.7 Å². The Morgan fingerprint density at radius 1 is 0.562 bits per heavy atom. The first-order valence-corrected chi connectivity index (χ1v) is 22.8. The zero-order chi connectivity index (χ0) is 44.6. The van der Waals surface area contributed by atoms with Crippen molar-refractivity contribution in [3.05, 3.63) is 167 Å². The van der Waals surface area contributed by atoms with Crippen molar-refractivity contribution in [2.45, 2.75) is 74.3 Å². The SMILES string of the molecule is N[C@@H](CCc1ccc(-c2nc3ccc(C4(c5ccccc5)CC4)nc3s2)c(F)c1)C(=O)O.N[C@H](CCc1ccc(-c2nc3ccc(C4(c5ccccc5)CC4)nc3s2)c(F)c1)C(=O)O. The van der Waals surface area contributed by atoms with Crippen LogP contribution in [0.25, 0.3) is 41.8 Å². The summed E-state index contributed by atoms with van der Waals surface area (Å²) in [4.78, 5) is 42.4. The second kappa shape index (κ2) is 17.7. The molecule has 2 aliphatic rings. The van der Waals surface area contributed by atoms with E-state index in [1.165, 1.54) is 45.9 Å². The highest BCUT2D eigenvalue weighted by atomic mass is 32.1. The van der Waals surface area contributed by atoms with Crippen LogP contribution in [0.15, 0.2) is 121 Å². The van der Waals surface area contributed by atoms with Gasteiger partial charge in [0.15, 0.2) is 0 Å². The molecule has 2 fully saturated rings. The van der Waals surface area contributed by atoms with Crippen molar-refractivity contribution in [1.82, 2.24) is 19.9 Å². The van der Waals surface area contributed by atoms with Gasteiger partial charge in [-0.3, -0.25) is 9.59 Å². The summed E-state index contributed by atoms with van der Waals surface area (Å²) < 4.78 is 29.7. The third kappa shape index (κ3) is 8.78. The maximum atomic E-state index is 14.8. The maximum Gasteiger partial charge on any atom is 0.320 e. The number of fused-ring (bicyclic) bond motifs is 2. The Bertz CT molecular complexity index is 2810. The van der Waals surface area contributed by atoms with Crippen molar-refractivity contribution in [2.75, 3.05) is 0 Å². The minimum Gasteiger partial charge on any atom is -0.480 e. The number of benzene rings is 4. The number of carboxylic acid groups (broad SMARTS) is 2. The van der Waals surface area contributed by atoms with E-state index in [1.54, 1.807) is 24.3 Å². The average Bonchev–Trinajstić information content (AvgIpc) is 4.22. The molecule has 8 aromatic rings. The molecule has 14 heteroatoms. The lowest BCUT2D eigenvalue weighted by Gasteiger charge is -2.14. The number of carboxylic acids is 2. The van der Waals surface area contributed by atoms with Crippen LogP contribution in [0.5, 0.6) is 0 Å². The van der Waals surface area contributed by atoms with E-state index in [2.05, 4.69) is 58.5 Å². The zero-order valence-electron chi connectivity index (χ0n) is 34.6.